The Bertz CT molecular complexity index is 1450. The molecule has 0 saturated heterocycles. The van der Waals surface area contributed by atoms with Crippen molar-refractivity contribution in [1.29, 1.82) is 0 Å². The van der Waals surface area contributed by atoms with Crippen molar-refractivity contribution in [1.82, 2.24) is 14.5 Å². The monoisotopic (exact) mass is 515 g/mol. The molecule has 0 fully saturated rings. The molecule has 0 aliphatic carbocycles. The molecule has 0 atom stereocenters. The number of benzene rings is 3. The molecule has 0 aliphatic heterocycles. The third-order valence-corrected chi connectivity index (χ3v) is 7.48. The van der Waals surface area contributed by atoms with Gasteiger partial charge in [0.25, 0.3) is 5.91 Å². The van der Waals surface area contributed by atoms with Gasteiger partial charge in [0.15, 0.2) is 0 Å². The largest absolute Gasteiger partial charge is 0.497 e. The maximum Gasteiger partial charge on any atom is 0.254 e. The van der Waals surface area contributed by atoms with Crippen LogP contribution in [-0.2, 0) is 28.7 Å². The highest BCUT2D eigenvalue weighted by atomic mass is 32.2. The van der Waals surface area contributed by atoms with Crippen LogP contribution in [0.4, 0.5) is 0 Å². The summed E-state index contributed by atoms with van der Waals surface area (Å²) in [5, 5.41) is -0.0225. The molecular formula is C29H29N3O4S. The molecule has 0 bridgehead atoms. The molecule has 1 amide bonds. The second-order valence-corrected chi connectivity index (χ2v) is 10.4. The number of sulfone groups is 1. The van der Waals surface area contributed by atoms with Gasteiger partial charge in [-0.3, -0.25) is 4.79 Å². The van der Waals surface area contributed by atoms with E-state index in [1.165, 1.54) is 6.20 Å². The Kier molecular flexibility index (Phi) is 8.20. The zero-order valence-electron chi connectivity index (χ0n) is 20.7. The Hall–Kier alpha value is -4.17. The van der Waals surface area contributed by atoms with Crippen molar-refractivity contribution >= 4 is 15.7 Å². The van der Waals surface area contributed by atoms with E-state index in [4.69, 9.17) is 4.74 Å². The number of imidazole rings is 1. The Morgan fingerprint density at radius 1 is 0.973 bits per heavy atom. The van der Waals surface area contributed by atoms with Gasteiger partial charge in [-0.1, -0.05) is 66.7 Å². The fraction of sp³-hybridized carbons (Fsp3) is 0.172. The van der Waals surface area contributed by atoms with Crippen LogP contribution in [-0.4, -0.2) is 42.4 Å². The molecule has 0 spiro atoms. The van der Waals surface area contributed by atoms with E-state index in [0.717, 1.165) is 5.56 Å². The summed E-state index contributed by atoms with van der Waals surface area (Å²) in [4.78, 5) is 19.3. The minimum absolute atomic E-state index is 0.0225. The number of nitrogens with zero attached hydrogens (tertiary/aromatic N) is 3. The minimum atomic E-state index is -3.76. The molecule has 0 aliphatic rings. The van der Waals surface area contributed by atoms with Gasteiger partial charge >= 0.3 is 0 Å². The molecule has 7 nitrogen and oxygen atoms in total. The van der Waals surface area contributed by atoms with E-state index in [9.17, 15) is 13.2 Å². The predicted molar refractivity (Wildman–Crippen MR) is 143 cm³/mol. The number of carbonyl (C=O) groups excluding carboxylic acids is 1. The molecular weight excluding hydrogens is 486 g/mol. The molecule has 1 aromatic heterocycles. The molecule has 3 aromatic carbocycles. The summed E-state index contributed by atoms with van der Waals surface area (Å²) in [6.45, 7) is 4.55. The SMILES string of the molecule is C=CCN(Cc1cnc(S(=O)(=O)Cc2ccccc2)n1Cc1ccccc1)C(=O)c1ccc(OC)cc1. The van der Waals surface area contributed by atoms with Crippen LogP contribution in [0.5, 0.6) is 5.75 Å². The van der Waals surface area contributed by atoms with Crippen LogP contribution in [0.25, 0.3) is 0 Å². The second-order valence-electron chi connectivity index (χ2n) is 8.55. The lowest BCUT2D eigenvalue weighted by Crippen LogP contribution is -2.32. The van der Waals surface area contributed by atoms with Crippen LogP contribution in [0, 0.1) is 0 Å². The standard InChI is InChI=1S/C29H29N3O4S/c1-3-18-31(28(33)25-14-16-27(36-2)17-15-25)21-26-19-30-29(32(26)20-23-10-6-4-7-11-23)37(34,35)22-24-12-8-5-9-13-24/h3-17,19H,1,18,20-22H2,2H3. The van der Waals surface area contributed by atoms with Crippen LogP contribution in [0.15, 0.2) is 109 Å². The summed E-state index contributed by atoms with van der Waals surface area (Å²) >= 11 is 0. The highest BCUT2D eigenvalue weighted by Gasteiger charge is 2.26. The van der Waals surface area contributed by atoms with Gasteiger partial charge in [-0.15, -0.1) is 6.58 Å². The maximum atomic E-state index is 13.5. The molecule has 8 heteroatoms. The van der Waals surface area contributed by atoms with Crippen LogP contribution in [0.3, 0.4) is 0 Å². The van der Waals surface area contributed by atoms with Gasteiger partial charge in [0.1, 0.15) is 5.75 Å². The lowest BCUT2D eigenvalue weighted by Gasteiger charge is -2.22. The lowest BCUT2D eigenvalue weighted by atomic mass is 10.2. The van der Waals surface area contributed by atoms with Crippen molar-refractivity contribution in [2.45, 2.75) is 24.0 Å². The first-order valence-electron chi connectivity index (χ1n) is 11.8. The Morgan fingerprint density at radius 2 is 1.59 bits per heavy atom. The molecule has 4 rings (SSSR count). The third kappa shape index (κ3) is 6.34. The summed E-state index contributed by atoms with van der Waals surface area (Å²) in [5.74, 6) is 0.282. The molecule has 0 radical (unpaired) electrons. The summed E-state index contributed by atoms with van der Waals surface area (Å²) in [6, 6.07) is 25.5. The van der Waals surface area contributed by atoms with Gasteiger partial charge in [-0.05, 0) is 35.4 Å². The first-order valence-corrected chi connectivity index (χ1v) is 13.5. The van der Waals surface area contributed by atoms with Crippen molar-refractivity contribution < 1.29 is 17.9 Å². The van der Waals surface area contributed by atoms with Crippen molar-refractivity contribution in [2.75, 3.05) is 13.7 Å². The minimum Gasteiger partial charge on any atom is -0.497 e. The second kappa shape index (κ2) is 11.7. The van der Waals surface area contributed by atoms with E-state index < -0.39 is 9.84 Å². The first-order chi connectivity index (χ1) is 17.9. The predicted octanol–water partition coefficient (Wildman–Crippen LogP) is 4.74. The smallest absolute Gasteiger partial charge is 0.254 e. The average molecular weight is 516 g/mol. The molecule has 0 N–H and O–H groups in total. The summed E-state index contributed by atoms with van der Waals surface area (Å²) in [5.41, 5.74) is 2.71. The molecule has 37 heavy (non-hydrogen) atoms. The maximum absolute atomic E-state index is 13.5. The van der Waals surface area contributed by atoms with E-state index in [1.54, 1.807) is 59.1 Å². The van der Waals surface area contributed by atoms with Gasteiger partial charge in [-0.25, -0.2) is 13.4 Å². The van der Waals surface area contributed by atoms with E-state index in [0.29, 0.717) is 29.1 Å². The fourth-order valence-corrected chi connectivity index (χ4v) is 5.54. The number of carbonyl (C=O) groups is 1. The van der Waals surface area contributed by atoms with Crippen molar-refractivity contribution in [3.8, 4) is 5.75 Å². The van der Waals surface area contributed by atoms with Gasteiger partial charge in [0.05, 0.1) is 37.8 Å². The lowest BCUT2D eigenvalue weighted by molar-refractivity contribution is 0.0759. The zero-order valence-corrected chi connectivity index (χ0v) is 21.5. The van der Waals surface area contributed by atoms with Crippen molar-refractivity contribution in [2.24, 2.45) is 0 Å². The van der Waals surface area contributed by atoms with Crippen molar-refractivity contribution in [3.63, 3.8) is 0 Å². The first kappa shape index (κ1) is 25.9. The van der Waals surface area contributed by atoms with E-state index in [2.05, 4.69) is 11.6 Å². The van der Waals surface area contributed by atoms with Crippen LogP contribution in [0.1, 0.15) is 27.2 Å². The Labute approximate surface area is 217 Å². The Balaban J connectivity index is 1.69. The average Bonchev–Trinajstić information content (AvgIpc) is 3.32. The number of hydrogen-bond donors (Lipinski definition) is 0. The molecule has 190 valence electrons. The zero-order chi connectivity index (χ0) is 26.3. The fourth-order valence-electron chi connectivity index (χ4n) is 4.05. The number of rotatable bonds is 11. The molecule has 1 heterocycles. The van der Waals surface area contributed by atoms with E-state index in [-0.39, 0.29) is 29.9 Å². The van der Waals surface area contributed by atoms with Gasteiger partial charge < -0.3 is 14.2 Å². The molecule has 0 unspecified atom stereocenters. The van der Waals surface area contributed by atoms with Gasteiger partial charge in [0, 0.05) is 12.1 Å². The number of ether oxygens (including phenoxy) is 1. The highest BCUT2D eigenvalue weighted by Crippen LogP contribution is 2.21. The quantitative estimate of drug-likeness (QED) is 0.270. The molecule has 0 saturated carbocycles. The summed E-state index contributed by atoms with van der Waals surface area (Å²) in [6.07, 6.45) is 3.19. The Morgan fingerprint density at radius 3 is 2.19 bits per heavy atom. The third-order valence-electron chi connectivity index (χ3n) is 5.89. The van der Waals surface area contributed by atoms with E-state index in [1.807, 2.05) is 48.5 Å². The van der Waals surface area contributed by atoms with Gasteiger partial charge in [0.2, 0.25) is 15.0 Å². The van der Waals surface area contributed by atoms with E-state index >= 15 is 0 Å². The van der Waals surface area contributed by atoms with Crippen molar-refractivity contribution in [3.05, 3.63) is 126 Å². The normalized spacial score (nSPS) is 11.2. The number of hydrogen-bond acceptors (Lipinski definition) is 5. The number of amides is 1. The summed E-state index contributed by atoms with van der Waals surface area (Å²) in [7, 11) is -2.19. The van der Waals surface area contributed by atoms with Gasteiger partial charge in [-0.2, -0.15) is 0 Å². The number of methoxy groups -OCH3 is 1. The van der Waals surface area contributed by atoms with Crippen LogP contribution >= 0.6 is 0 Å². The van der Waals surface area contributed by atoms with Crippen LogP contribution in [0.2, 0.25) is 0 Å². The topological polar surface area (TPSA) is 81.5 Å². The summed E-state index contributed by atoms with van der Waals surface area (Å²) < 4.78 is 33.8. The molecule has 4 aromatic rings. The highest BCUT2D eigenvalue weighted by molar-refractivity contribution is 7.90. The van der Waals surface area contributed by atoms with Crippen LogP contribution < -0.4 is 4.74 Å². The number of aromatic nitrogens is 2.